The monoisotopic (exact) mass is 313 g/mol. The molecule has 1 heterocycles. The summed E-state index contributed by atoms with van der Waals surface area (Å²) in [5, 5.41) is 0.787. The molecular weight excluding hydrogens is 293 g/mol. The second-order valence-corrected chi connectivity index (χ2v) is 9.21. The van der Waals surface area contributed by atoms with Crippen molar-refractivity contribution in [3.8, 4) is 0 Å². The minimum absolute atomic E-state index is 0.0426. The van der Waals surface area contributed by atoms with Crippen LogP contribution < -0.4 is 5.19 Å². The third-order valence-corrected chi connectivity index (χ3v) is 8.34. The van der Waals surface area contributed by atoms with Crippen LogP contribution in [0.5, 0.6) is 0 Å². The van der Waals surface area contributed by atoms with Gasteiger partial charge in [-0.25, -0.2) is 0 Å². The first-order chi connectivity index (χ1) is 10.6. The summed E-state index contributed by atoms with van der Waals surface area (Å²) in [5.74, 6) is -0.0426. The Kier molecular flexibility index (Phi) is 4.11. The third kappa shape index (κ3) is 2.59. The molecule has 0 spiro atoms. The Bertz CT molecular complexity index is 649. The van der Waals surface area contributed by atoms with Gasteiger partial charge in [0.2, 0.25) is 5.91 Å². The highest BCUT2D eigenvalue weighted by Gasteiger charge is 2.51. The molecule has 0 bridgehead atoms. The van der Waals surface area contributed by atoms with Crippen molar-refractivity contribution in [3.05, 3.63) is 66.2 Å². The minimum atomic E-state index is -3.30. The molecule has 114 valence electrons. The SMILES string of the molecule is CC(=O)N1CCC[Si](F)(c2ccccc2)[C@@H]1c1ccccc1. The minimum Gasteiger partial charge on any atom is -0.335 e. The van der Waals surface area contributed by atoms with E-state index >= 15 is 4.11 Å². The van der Waals surface area contributed by atoms with Gasteiger partial charge in [0.05, 0.1) is 5.67 Å². The number of hydrogen-bond acceptors (Lipinski definition) is 1. The molecule has 2 aromatic carbocycles. The van der Waals surface area contributed by atoms with E-state index in [1.165, 1.54) is 0 Å². The Balaban J connectivity index is 2.12. The molecule has 22 heavy (non-hydrogen) atoms. The highest BCUT2D eigenvalue weighted by molar-refractivity contribution is 6.87. The first-order valence-corrected chi connectivity index (χ1v) is 9.86. The number of hydrogen-bond donors (Lipinski definition) is 0. The molecule has 0 aromatic heterocycles. The van der Waals surface area contributed by atoms with E-state index in [1.54, 1.807) is 11.8 Å². The standard InChI is InChI=1S/C18H20FNOSi/c1-15(21)20-13-8-14-22(19,17-11-6-3-7-12-17)18(20)16-9-4-2-5-10-16/h2-7,9-12,18H,8,13-14H2,1H3/t18-,22?/m1/s1. The number of nitrogens with zero attached hydrogens (tertiary/aromatic N) is 1. The van der Waals surface area contributed by atoms with Crippen LogP contribution in [0.3, 0.4) is 0 Å². The number of benzene rings is 2. The van der Waals surface area contributed by atoms with Gasteiger partial charge in [0, 0.05) is 13.5 Å². The van der Waals surface area contributed by atoms with E-state index in [0.717, 1.165) is 17.2 Å². The lowest BCUT2D eigenvalue weighted by atomic mass is 10.2. The van der Waals surface area contributed by atoms with Crippen LogP contribution in [0.4, 0.5) is 4.11 Å². The van der Waals surface area contributed by atoms with Crippen LogP contribution in [-0.2, 0) is 4.79 Å². The maximum absolute atomic E-state index is 16.2. The normalized spacial score (nSPS) is 25.0. The molecule has 0 N–H and O–H groups in total. The molecule has 2 aromatic rings. The zero-order valence-corrected chi connectivity index (χ0v) is 13.7. The van der Waals surface area contributed by atoms with Crippen LogP contribution >= 0.6 is 0 Å². The van der Waals surface area contributed by atoms with E-state index < -0.39 is 14.1 Å². The summed E-state index contributed by atoms with van der Waals surface area (Å²) < 4.78 is 16.2. The van der Waals surface area contributed by atoms with Gasteiger partial charge in [-0.05, 0) is 23.2 Å². The van der Waals surface area contributed by atoms with Crippen LogP contribution in [-0.4, -0.2) is 25.8 Å². The van der Waals surface area contributed by atoms with Gasteiger partial charge in [-0.2, -0.15) is 0 Å². The average Bonchev–Trinajstić information content (AvgIpc) is 2.56. The molecule has 1 saturated heterocycles. The second-order valence-electron chi connectivity index (χ2n) is 5.86. The fourth-order valence-electron chi connectivity index (χ4n) is 3.46. The molecule has 1 aliphatic heterocycles. The highest BCUT2D eigenvalue weighted by atomic mass is 28.4. The summed E-state index contributed by atoms with van der Waals surface area (Å²) in [4.78, 5) is 13.8. The largest absolute Gasteiger partial charge is 0.335 e. The van der Waals surface area contributed by atoms with Crippen molar-refractivity contribution in [2.75, 3.05) is 6.54 Å². The Morgan fingerprint density at radius 1 is 1.09 bits per heavy atom. The molecule has 1 amide bonds. The molecule has 2 nitrogen and oxygen atoms in total. The van der Waals surface area contributed by atoms with Crippen molar-refractivity contribution in [1.82, 2.24) is 4.90 Å². The van der Waals surface area contributed by atoms with Crippen molar-refractivity contribution in [2.24, 2.45) is 0 Å². The van der Waals surface area contributed by atoms with Gasteiger partial charge in [-0.15, -0.1) is 0 Å². The van der Waals surface area contributed by atoms with Gasteiger partial charge in [-0.3, -0.25) is 4.79 Å². The Hall–Kier alpha value is -1.94. The maximum atomic E-state index is 16.2. The summed E-state index contributed by atoms with van der Waals surface area (Å²) in [6, 6.07) is 19.7. The van der Waals surface area contributed by atoms with E-state index in [-0.39, 0.29) is 5.91 Å². The van der Waals surface area contributed by atoms with Gasteiger partial charge in [-0.1, -0.05) is 60.7 Å². The average molecular weight is 313 g/mol. The number of amides is 1. The summed E-state index contributed by atoms with van der Waals surface area (Å²) in [6.45, 7) is 2.18. The van der Waals surface area contributed by atoms with Crippen LogP contribution in [0.1, 0.15) is 24.6 Å². The van der Waals surface area contributed by atoms with Gasteiger partial charge < -0.3 is 9.01 Å². The van der Waals surface area contributed by atoms with Crippen molar-refractivity contribution in [2.45, 2.75) is 25.1 Å². The lowest BCUT2D eigenvalue weighted by Gasteiger charge is -2.43. The Morgan fingerprint density at radius 3 is 2.27 bits per heavy atom. The predicted molar refractivity (Wildman–Crippen MR) is 88.9 cm³/mol. The van der Waals surface area contributed by atoms with Crippen molar-refractivity contribution in [1.29, 1.82) is 0 Å². The predicted octanol–water partition coefficient (Wildman–Crippen LogP) is 3.34. The molecule has 2 atom stereocenters. The summed E-state index contributed by atoms with van der Waals surface area (Å²) in [7, 11) is -3.30. The molecule has 0 saturated carbocycles. The lowest BCUT2D eigenvalue weighted by Crippen LogP contribution is -2.59. The van der Waals surface area contributed by atoms with E-state index in [1.807, 2.05) is 60.7 Å². The fourth-order valence-corrected chi connectivity index (χ4v) is 7.28. The molecule has 0 aliphatic carbocycles. The van der Waals surface area contributed by atoms with E-state index in [9.17, 15) is 4.79 Å². The molecule has 1 aliphatic rings. The quantitative estimate of drug-likeness (QED) is 0.615. The van der Waals surface area contributed by atoms with E-state index in [4.69, 9.17) is 0 Å². The zero-order chi connectivity index (χ0) is 15.6. The van der Waals surface area contributed by atoms with Crippen molar-refractivity contribution < 1.29 is 8.90 Å². The second kappa shape index (κ2) is 6.05. The maximum Gasteiger partial charge on any atom is 0.304 e. The third-order valence-electron chi connectivity index (χ3n) is 4.46. The number of rotatable bonds is 2. The molecule has 3 rings (SSSR count). The molecule has 4 heteroatoms. The topological polar surface area (TPSA) is 20.3 Å². The van der Waals surface area contributed by atoms with Gasteiger partial charge in [0.1, 0.15) is 0 Å². The van der Waals surface area contributed by atoms with Gasteiger partial charge in [0.25, 0.3) is 0 Å². The van der Waals surface area contributed by atoms with Gasteiger partial charge >= 0.3 is 8.41 Å². The fraction of sp³-hybridized carbons (Fsp3) is 0.278. The number of halogens is 1. The molecule has 1 unspecified atom stereocenters. The van der Waals surface area contributed by atoms with Crippen LogP contribution in [0.15, 0.2) is 60.7 Å². The molecule has 1 fully saturated rings. The molecular formula is C18H20FNOSi. The first kappa shape index (κ1) is 15.0. The van der Waals surface area contributed by atoms with Crippen molar-refractivity contribution >= 4 is 19.5 Å². The number of carbonyl (C=O) groups excluding carboxylic acids is 1. The summed E-state index contributed by atoms with van der Waals surface area (Å²) in [6.07, 6.45) is 0.737. The summed E-state index contributed by atoms with van der Waals surface area (Å²) in [5.41, 5.74) is 0.484. The van der Waals surface area contributed by atoms with Gasteiger partial charge in [0.15, 0.2) is 0 Å². The Labute approximate surface area is 131 Å². The first-order valence-electron chi connectivity index (χ1n) is 7.69. The van der Waals surface area contributed by atoms with Crippen molar-refractivity contribution in [3.63, 3.8) is 0 Å². The molecule has 0 radical (unpaired) electrons. The Morgan fingerprint density at radius 2 is 1.68 bits per heavy atom. The highest BCUT2D eigenvalue weighted by Crippen LogP contribution is 2.39. The van der Waals surface area contributed by atoms with Crippen LogP contribution in [0.2, 0.25) is 6.04 Å². The van der Waals surface area contributed by atoms with Crippen LogP contribution in [0.25, 0.3) is 0 Å². The van der Waals surface area contributed by atoms with Crippen LogP contribution in [0, 0.1) is 0 Å². The van der Waals surface area contributed by atoms with E-state index in [0.29, 0.717) is 12.6 Å². The number of carbonyl (C=O) groups is 1. The zero-order valence-electron chi connectivity index (χ0n) is 12.7. The smallest absolute Gasteiger partial charge is 0.304 e. The summed E-state index contributed by atoms with van der Waals surface area (Å²) >= 11 is 0. The van der Waals surface area contributed by atoms with E-state index in [2.05, 4.69) is 0 Å². The lowest BCUT2D eigenvalue weighted by molar-refractivity contribution is -0.130.